The summed E-state index contributed by atoms with van der Waals surface area (Å²) in [5.41, 5.74) is 5.67. The standard InChI is InChI=1S/C20H17.Hf/c1-3-7-19-15(5-1)9-11-17(19)13-14-18-12-10-16-6-2-4-8-20(16)18;/h1-13,17-18H,14H2;/q-1;. The Morgan fingerprint density at radius 3 is 2.19 bits per heavy atom. The summed E-state index contributed by atoms with van der Waals surface area (Å²) in [5.74, 6) is 1.03. The summed E-state index contributed by atoms with van der Waals surface area (Å²) >= 11 is 0. The van der Waals surface area contributed by atoms with E-state index < -0.39 is 0 Å². The van der Waals surface area contributed by atoms with Crippen LogP contribution in [-0.2, 0) is 25.8 Å². The molecule has 0 N–H and O–H groups in total. The molecule has 2 atom stereocenters. The van der Waals surface area contributed by atoms with Crippen LogP contribution in [0.15, 0.2) is 60.7 Å². The van der Waals surface area contributed by atoms with Crippen molar-refractivity contribution in [3.63, 3.8) is 0 Å². The van der Waals surface area contributed by atoms with Crippen LogP contribution in [0.4, 0.5) is 0 Å². The second kappa shape index (κ2) is 6.27. The molecule has 0 heterocycles. The molecule has 0 bridgehead atoms. The van der Waals surface area contributed by atoms with Crippen LogP contribution in [0.2, 0.25) is 0 Å². The van der Waals surface area contributed by atoms with E-state index in [0.717, 1.165) is 6.42 Å². The van der Waals surface area contributed by atoms with Gasteiger partial charge in [-0.2, -0.15) is 6.42 Å². The maximum absolute atomic E-state index is 2.46. The molecule has 0 nitrogen and oxygen atoms in total. The Labute approximate surface area is 145 Å². The summed E-state index contributed by atoms with van der Waals surface area (Å²) in [6, 6.07) is 17.4. The quantitative estimate of drug-likeness (QED) is 0.459. The van der Waals surface area contributed by atoms with Gasteiger partial charge in [-0.3, -0.25) is 0 Å². The Bertz CT molecular complexity index is 635. The molecule has 0 saturated carbocycles. The van der Waals surface area contributed by atoms with Gasteiger partial charge in [0.2, 0.25) is 0 Å². The van der Waals surface area contributed by atoms with Gasteiger partial charge >= 0.3 is 0 Å². The van der Waals surface area contributed by atoms with Gasteiger partial charge < -0.3 is 6.42 Å². The minimum atomic E-state index is 0. The predicted molar refractivity (Wildman–Crippen MR) is 85.4 cm³/mol. The molecule has 2 unspecified atom stereocenters. The number of benzene rings is 2. The second-order valence-electron chi connectivity index (χ2n) is 5.58. The molecule has 2 aliphatic rings. The fraction of sp³-hybridized carbons (Fsp3) is 0.150. The molecule has 2 aliphatic carbocycles. The molecule has 1 heteroatoms. The normalized spacial score (nSPS) is 21.0. The Morgan fingerprint density at radius 2 is 1.38 bits per heavy atom. The van der Waals surface area contributed by atoms with Crippen molar-refractivity contribution in [2.75, 3.05) is 0 Å². The van der Waals surface area contributed by atoms with E-state index in [2.05, 4.69) is 79.3 Å². The zero-order valence-corrected chi connectivity index (χ0v) is 15.5. The van der Waals surface area contributed by atoms with E-state index in [-0.39, 0.29) is 25.8 Å². The van der Waals surface area contributed by atoms with Crippen molar-refractivity contribution in [2.45, 2.75) is 18.3 Å². The van der Waals surface area contributed by atoms with Gasteiger partial charge in [-0.05, 0) is 22.6 Å². The van der Waals surface area contributed by atoms with Crippen molar-refractivity contribution < 1.29 is 25.8 Å². The first kappa shape index (κ1) is 14.7. The summed E-state index contributed by atoms with van der Waals surface area (Å²) in [4.78, 5) is 0. The SMILES string of the molecule is C1=CC([CH-]CC2C=Cc3ccccc32)c2ccccc21.[Hf]. The van der Waals surface area contributed by atoms with Gasteiger partial charge in [0.25, 0.3) is 0 Å². The minimum absolute atomic E-state index is 0. The first-order chi connectivity index (χ1) is 9.92. The molecular weight excluding hydrogens is 419 g/mol. The minimum Gasteiger partial charge on any atom is -0.317 e. The molecule has 0 fully saturated rings. The Morgan fingerprint density at radius 1 is 0.762 bits per heavy atom. The third-order valence-electron chi connectivity index (χ3n) is 4.39. The van der Waals surface area contributed by atoms with Crippen LogP contribution in [0.5, 0.6) is 0 Å². The van der Waals surface area contributed by atoms with E-state index in [1.807, 2.05) is 0 Å². The Kier molecular flexibility index (Phi) is 4.40. The maximum Gasteiger partial charge on any atom is 0 e. The van der Waals surface area contributed by atoms with Crippen LogP contribution in [0.25, 0.3) is 12.2 Å². The fourth-order valence-corrected chi connectivity index (χ4v) is 3.31. The van der Waals surface area contributed by atoms with Crippen molar-refractivity contribution in [3.8, 4) is 0 Å². The van der Waals surface area contributed by atoms with Crippen molar-refractivity contribution >= 4 is 12.2 Å². The van der Waals surface area contributed by atoms with Gasteiger partial charge in [-0.1, -0.05) is 72.3 Å². The monoisotopic (exact) mass is 437 g/mol. The predicted octanol–water partition coefficient (Wildman–Crippen LogP) is 5.20. The largest absolute Gasteiger partial charge is 0.317 e. The molecule has 0 amide bonds. The van der Waals surface area contributed by atoms with Crippen LogP contribution < -0.4 is 0 Å². The maximum atomic E-state index is 2.46. The van der Waals surface area contributed by atoms with E-state index in [9.17, 15) is 0 Å². The summed E-state index contributed by atoms with van der Waals surface area (Å²) in [6.45, 7) is 0. The number of fused-ring (bicyclic) bond motifs is 2. The summed E-state index contributed by atoms with van der Waals surface area (Å²) in [5, 5.41) is 0. The molecule has 0 saturated heterocycles. The summed E-state index contributed by atoms with van der Waals surface area (Å²) in [7, 11) is 0. The van der Waals surface area contributed by atoms with E-state index in [1.54, 1.807) is 0 Å². The van der Waals surface area contributed by atoms with Crippen LogP contribution in [-0.4, -0.2) is 0 Å². The molecule has 0 aliphatic heterocycles. The number of allylic oxidation sites excluding steroid dienone is 2. The van der Waals surface area contributed by atoms with E-state index in [1.165, 1.54) is 22.3 Å². The fourth-order valence-electron chi connectivity index (χ4n) is 3.31. The molecule has 0 spiro atoms. The Hall–Kier alpha value is -1.21. The molecule has 102 valence electrons. The topological polar surface area (TPSA) is 0 Å². The van der Waals surface area contributed by atoms with Crippen LogP contribution in [0.1, 0.15) is 40.5 Å². The molecular formula is C20H17Hf-. The van der Waals surface area contributed by atoms with Gasteiger partial charge in [0.1, 0.15) is 0 Å². The molecule has 4 rings (SSSR count). The van der Waals surface area contributed by atoms with Gasteiger partial charge in [-0.15, -0.1) is 12.0 Å². The van der Waals surface area contributed by atoms with Gasteiger partial charge in [0.15, 0.2) is 0 Å². The zero-order chi connectivity index (χ0) is 13.4. The zero-order valence-electron chi connectivity index (χ0n) is 11.9. The molecule has 2 aromatic carbocycles. The number of hydrogen-bond donors (Lipinski definition) is 0. The molecule has 2 aromatic rings. The van der Waals surface area contributed by atoms with E-state index in [4.69, 9.17) is 0 Å². The average molecular weight is 436 g/mol. The smallest absolute Gasteiger partial charge is 0 e. The van der Waals surface area contributed by atoms with E-state index in [0.29, 0.717) is 11.8 Å². The number of hydrogen-bond acceptors (Lipinski definition) is 0. The van der Waals surface area contributed by atoms with Crippen LogP contribution in [0, 0.1) is 6.42 Å². The molecule has 0 aromatic heterocycles. The van der Waals surface area contributed by atoms with Gasteiger partial charge in [0, 0.05) is 25.8 Å². The van der Waals surface area contributed by atoms with Gasteiger partial charge in [-0.25, -0.2) is 0 Å². The van der Waals surface area contributed by atoms with Gasteiger partial charge in [0.05, 0.1) is 0 Å². The van der Waals surface area contributed by atoms with Crippen molar-refractivity contribution in [1.82, 2.24) is 0 Å². The number of rotatable bonds is 3. The van der Waals surface area contributed by atoms with Crippen molar-refractivity contribution in [2.24, 2.45) is 0 Å². The van der Waals surface area contributed by atoms with E-state index >= 15 is 0 Å². The van der Waals surface area contributed by atoms with Crippen molar-refractivity contribution in [3.05, 3.63) is 89.4 Å². The Balaban J connectivity index is 0.00000132. The second-order valence-corrected chi connectivity index (χ2v) is 5.58. The third kappa shape index (κ3) is 2.76. The third-order valence-corrected chi connectivity index (χ3v) is 4.39. The summed E-state index contributed by atoms with van der Waals surface area (Å²) in [6.07, 6.45) is 12.7. The summed E-state index contributed by atoms with van der Waals surface area (Å²) < 4.78 is 0. The van der Waals surface area contributed by atoms with Crippen molar-refractivity contribution in [1.29, 1.82) is 0 Å². The first-order valence-electron chi connectivity index (χ1n) is 7.29. The molecule has 21 heavy (non-hydrogen) atoms. The first-order valence-corrected chi connectivity index (χ1v) is 7.29. The van der Waals surface area contributed by atoms with Crippen LogP contribution in [0.3, 0.4) is 0 Å². The molecule has 0 radical (unpaired) electrons. The van der Waals surface area contributed by atoms with Crippen LogP contribution >= 0.6 is 0 Å². The average Bonchev–Trinajstić information content (AvgIpc) is 3.09.